The van der Waals surface area contributed by atoms with E-state index in [0.29, 0.717) is 5.02 Å². The number of nitrogens with zero attached hydrogens (tertiary/aromatic N) is 1. The molecule has 1 heterocycles. The molecular formula is C21H27ClN2O3. The van der Waals surface area contributed by atoms with Crippen LogP contribution in [0.25, 0.3) is 0 Å². The Morgan fingerprint density at radius 3 is 2.30 bits per heavy atom. The predicted molar refractivity (Wildman–Crippen MR) is 108 cm³/mol. The van der Waals surface area contributed by atoms with Gasteiger partial charge in [-0.15, -0.1) is 0 Å². The van der Waals surface area contributed by atoms with E-state index in [4.69, 9.17) is 25.8 Å². The Balaban J connectivity index is 2.18. The van der Waals surface area contributed by atoms with Crippen LogP contribution in [0.4, 0.5) is 0 Å². The SMILES string of the molecule is COc1ccc(OC)c(C(c2cc(Cl)ccc2OC)N2CCCNCC2)c1. The van der Waals surface area contributed by atoms with E-state index in [9.17, 15) is 0 Å². The number of halogens is 1. The van der Waals surface area contributed by atoms with Gasteiger partial charge in [0, 0.05) is 35.8 Å². The lowest BCUT2D eigenvalue weighted by atomic mass is 9.94. The molecule has 0 saturated carbocycles. The van der Waals surface area contributed by atoms with E-state index in [-0.39, 0.29) is 6.04 Å². The molecular weight excluding hydrogens is 364 g/mol. The van der Waals surface area contributed by atoms with Crippen LogP contribution < -0.4 is 19.5 Å². The van der Waals surface area contributed by atoms with Crippen molar-refractivity contribution in [3.05, 3.63) is 52.5 Å². The van der Waals surface area contributed by atoms with Gasteiger partial charge in [0.25, 0.3) is 0 Å². The van der Waals surface area contributed by atoms with Gasteiger partial charge in [-0.1, -0.05) is 11.6 Å². The molecule has 1 fully saturated rings. The molecule has 6 heteroatoms. The quantitative estimate of drug-likeness (QED) is 0.813. The largest absolute Gasteiger partial charge is 0.497 e. The molecule has 27 heavy (non-hydrogen) atoms. The second-order valence-electron chi connectivity index (χ2n) is 6.54. The molecule has 146 valence electrons. The van der Waals surface area contributed by atoms with E-state index in [2.05, 4.69) is 10.2 Å². The average Bonchev–Trinajstić information content (AvgIpc) is 2.98. The van der Waals surface area contributed by atoms with Crippen LogP contribution in [0.5, 0.6) is 17.2 Å². The Bertz CT molecular complexity index is 761. The predicted octanol–water partition coefficient (Wildman–Crippen LogP) is 3.75. The third kappa shape index (κ3) is 4.49. The number of methoxy groups -OCH3 is 3. The number of ether oxygens (including phenoxy) is 3. The highest BCUT2D eigenvalue weighted by Gasteiger charge is 2.29. The molecule has 5 nitrogen and oxygen atoms in total. The third-order valence-electron chi connectivity index (χ3n) is 4.96. The van der Waals surface area contributed by atoms with Crippen molar-refractivity contribution >= 4 is 11.6 Å². The minimum atomic E-state index is -0.0522. The number of hydrogen-bond acceptors (Lipinski definition) is 5. The average molecular weight is 391 g/mol. The molecule has 1 aliphatic heterocycles. The van der Waals surface area contributed by atoms with Gasteiger partial charge in [0.2, 0.25) is 0 Å². The molecule has 1 unspecified atom stereocenters. The van der Waals surface area contributed by atoms with Crippen LogP contribution in [-0.4, -0.2) is 52.4 Å². The summed E-state index contributed by atoms with van der Waals surface area (Å²) in [4.78, 5) is 2.45. The molecule has 1 N–H and O–H groups in total. The normalized spacial score (nSPS) is 16.4. The van der Waals surface area contributed by atoms with Crippen molar-refractivity contribution in [1.82, 2.24) is 10.2 Å². The Kier molecular flexibility index (Phi) is 6.83. The van der Waals surface area contributed by atoms with Gasteiger partial charge in [-0.05, 0) is 49.4 Å². The zero-order valence-corrected chi connectivity index (χ0v) is 16.9. The smallest absolute Gasteiger partial charge is 0.124 e. The lowest BCUT2D eigenvalue weighted by Crippen LogP contribution is -2.33. The van der Waals surface area contributed by atoms with Crippen molar-refractivity contribution in [1.29, 1.82) is 0 Å². The number of benzene rings is 2. The van der Waals surface area contributed by atoms with Gasteiger partial charge in [-0.2, -0.15) is 0 Å². The van der Waals surface area contributed by atoms with Gasteiger partial charge in [-0.25, -0.2) is 0 Å². The monoisotopic (exact) mass is 390 g/mol. The first-order valence-corrected chi connectivity index (χ1v) is 9.56. The highest BCUT2D eigenvalue weighted by Crippen LogP contribution is 2.41. The summed E-state index contributed by atoms with van der Waals surface area (Å²) in [5.74, 6) is 2.43. The maximum atomic E-state index is 6.37. The van der Waals surface area contributed by atoms with Crippen LogP contribution in [0.3, 0.4) is 0 Å². The summed E-state index contributed by atoms with van der Waals surface area (Å²) in [5, 5.41) is 4.16. The molecule has 2 aromatic carbocycles. The van der Waals surface area contributed by atoms with Gasteiger partial charge in [-0.3, -0.25) is 4.90 Å². The molecule has 1 aliphatic rings. The van der Waals surface area contributed by atoms with Crippen LogP contribution in [-0.2, 0) is 0 Å². The number of rotatable bonds is 6. The van der Waals surface area contributed by atoms with E-state index < -0.39 is 0 Å². The summed E-state index contributed by atoms with van der Waals surface area (Å²) < 4.78 is 16.9. The summed E-state index contributed by atoms with van der Waals surface area (Å²) in [6.07, 6.45) is 1.08. The van der Waals surface area contributed by atoms with E-state index >= 15 is 0 Å². The highest BCUT2D eigenvalue weighted by atomic mass is 35.5. The molecule has 0 aromatic heterocycles. The standard InChI is InChI=1S/C21H27ClN2O3/c1-25-16-6-8-20(27-3)18(14-16)21(24-11-4-9-23-10-12-24)17-13-15(22)5-7-19(17)26-2/h5-8,13-14,21,23H,4,9-12H2,1-3H3. The number of hydrogen-bond donors (Lipinski definition) is 1. The zero-order valence-electron chi connectivity index (χ0n) is 16.1. The molecule has 1 atom stereocenters. The fourth-order valence-corrected chi connectivity index (χ4v) is 3.84. The van der Waals surface area contributed by atoms with Crippen LogP contribution in [0.15, 0.2) is 36.4 Å². The van der Waals surface area contributed by atoms with Crippen LogP contribution in [0.2, 0.25) is 5.02 Å². The summed E-state index contributed by atoms with van der Waals surface area (Å²) >= 11 is 6.37. The zero-order chi connectivity index (χ0) is 19.2. The molecule has 3 rings (SSSR count). The fraction of sp³-hybridized carbons (Fsp3) is 0.429. The maximum Gasteiger partial charge on any atom is 0.124 e. The second-order valence-corrected chi connectivity index (χ2v) is 6.97. The van der Waals surface area contributed by atoms with Crippen molar-refractivity contribution in [2.75, 3.05) is 47.5 Å². The first-order chi connectivity index (χ1) is 13.2. The first kappa shape index (κ1) is 19.8. The number of nitrogens with one attached hydrogen (secondary N) is 1. The molecule has 0 bridgehead atoms. The van der Waals surface area contributed by atoms with Crippen LogP contribution in [0.1, 0.15) is 23.6 Å². The van der Waals surface area contributed by atoms with Crippen molar-refractivity contribution < 1.29 is 14.2 Å². The Labute approximate surface area is 166 Å². The molecule has 0 radical (unpaired) electrons. The lowest BCUT2D eigenvalue weighted by Gasteiger charge is -2.33. The summed E-state index contributed by atoms with van der Waals surface area (Å²) in [5.41, 5.74) is 2.07. The first-order valence-electron chi connectivity index (χ1n) is 9.18. The molecule has 0 spiro atoms. The van der Waals surface area contributed by atoms with Gasteiger partial charge in [0.15, 0.2) is 0 Å². The third-order valence-corrected chi connectivity index (χ3v) is 5.19. The van der Waals surface area contributed by atoms with E-state index in [1.165, 1.54) is 0 Å². The minimum Gasteiger partial charge on any atom is -0.497 e. The summed E-state index contributed by atoms with van der Waals surface area (Å²) in [7, 11) is 5.06. The minimum absolute atomic E-state index is 0.0522. The van der Waals surface area contributed by atoms with Gasteiger partial charge in [0.1, 0.15) is 17.2 Å². The topological polar surface area (TPSA) is 43.0 Å². The summed E-state index contributed by atoms with van der Waals surface area (Å²) in [6, 6.07) is 11.6. The van der Waals surface area contributed by atoms with Crippen LogP contribution >= 0.6 is 11.6 Å². The van der Waals surface area contributed by atoms with E-state index in [1.807, 2.05) is 36.4 Å². The second kappa shape index (κ2) is 9.31. The van der Waals surface area contributed by atoms with Gasteiger partial charge in [0.05, 0.1) is 27.4 Å². The molecule has 1 saturated heterocycles. The van der Waals surface area contributed by atoms with Crippen molar-refractivity contribution in [3.8, 4) is 17.2 Å². The Hall–Kier alpha value is -1.95. The fourth-order valence-electron chi connectivity index (χ4n) is 3.66. The van der Waals surface area contributed by atoms with Gasteiger partial charge >= 0.3 is 0 Å². The molecule has 2 aromatic rings. The van der Waals surface area contributed by atoms with E-state index in [0.717, 1.165) is 61.0 Å². The summed E-state index contributed by atoms with van der Waals surface area (Å²) in [6.45, 7) is 3.84. The van der Waals surface area contributed by atoms with Crippen LogP contribution in [0, 0.1) is 0 Å². The highest BCUT2D eigenvalue weighted by molar-refractivity contribution is 6.30. The maximum absolute atomic E-state index is 6.37. The Morgan fingerprint density at radius 1 is 0.889 bits per heavy atom. The van der Waals surface area contributed by atoms with Crippen molar-refractivity contribution in [2.24, 2.45) is 0 Å². The van der Waals surface area contributed by atoms with Crippen molar-refractivity contribution in [3.63, 3.8) is 0 Å². The van der Waals surface area contributed by atoms with Gasteiger partial charge < -0.3 is 19.5 Å². The van der Waals surface area contributed by atoms with Crippen molar-refractivity contribution in [2.45, 2.75) is 12.5 Å². The molecule has 0 amide bonds. The molecule has 0 aliphatic carbocycles. The lowest BCUT2D eigenvalue weighted by molar-refractivity contribution is 0.231. The van der Waals surface area contributed by atoms with E-state index in [1.54, 1.807) is 21.3 Å². The Morgan fingerprint density at radius 2 is 1.59 bits per heavy atom.